The fraction of sp³-hybridized carbons (Fsp3) is 0.579. The molecule has 0 spiro atoms. The van der Waals surface area contributed by atoms with E-state index >= 15 is 0 Å². The van der Waals surface area contributed by atoms with E-state index in [1.807, 2.05) is 0 Å². The van der Waals surface area contributed by atoms with E-state index < -0.39 is 33.9 Å². The number of benzene rings is 1. The Morgan fingerprint density at radius 3 is 2.48 bits per heavy atom. The molecular formula is C19H27NO6S. The van der Waals surface area contributed by atoms with Crippen LogP contribution in [-0.2, 0) is 19.4 Å². The van der Waals surface area contributed by atoms with Crippen LogP contribution in [0.5, 0.6) is 5.75 Å². The molecule has 1 aromatic carbocycles. The van der Waals surface area contributed by atoms with Crippen molar-refractivity contribution < 1.29 is 27.5 Å². The first-order valence-corrected chi connectivity index (χ1v) is 11.0. The van der Waals surface area contributed by atoms with Gasteiger partial charge in [0.15, 0.2) is 16.4 Å². The Morgan fingerprint density at radius 1 is 1.19 bits per heavy atom. The Labute approximate surface area is 160 Å². The Balaban J connectivity index is 1.77. The molecule has 0 saturated carbocycles. The monoisotopic (exact) mass is 397 g/mol. The van der Waals surface area contributed by atoms with Gasteiger partial charge in [-0.2, -0.15) is 0 Å². The molecule has 1 N–H and O–H groups in total. The summed E-state index contributed by atoms with van der Waals surface area (Å²) in [5.41, 5.74) is -0.489. The number of unbranched alkanes of at least 4 members (excludes halogenated alkanes) is 2. The highest BCUT2D eigenvalue weighted by Gasteiger charge is 2.39. The predicted octanol–water partition coefficient (Wildman–Crippen LogP) is 2.11. The number of hydrogen-bond donors (Lipinski definition) is 1. The molecule has 8 heteroatoms. The lowest BCUT2D eigenvalue weighted by Gasteiger charge is -2.23. The zero-order valence-corrected chi connectivity index (χ0v) is 16.6. The van der Waals surface area contributed by atoms with Gasteiger partial charge in [0.2, 0.25) is 0 Å². The number of amides is 1. The molecule has 0 radical (unpaired) electrons. The Morgan fingerprint density at radius 2 is 1.89 bits per heavy atom. The highest BCUT2D eigenvalue weighted by molar-refractivity contribution is 7.91. The zero-order valence-electron chi connectivity index (χ0n) is 15.8. The summed E-state index contributed by atoms with van der Waals surface area (Å²) in [6.45, 7) is 3.98. The van der Waals surface area contributed by atoms with Crippen molar-refractivity contribution in [1.29, 1.82) is 0 Å². The lowest BCUT2D eigenvalue weighted by molar-refractivity contribution is -0.125. The number of ether oxygens (including phenoxy) is 2. The molecule has 0 unspecified atom stereocenters. The molecule has 2 rings (SSSR count). The van der Waals surface area contributed by atoms with Crippen molar-refractivity contribution >= 4 is 21.7 Å². The second-order valence-electron chi connectivity index (χ2n) is 7.11. The molecule has 1 aliphatic heterocycles. The SMILES string of the molecule is CCCCCOc1ccc(C(=O)OCC(=O)N[C@]2(C)CCS(=O)(=O)C2)cc1. The van der Waals surface area contributed by atoms with E-state index in [1.165, 1.54) is 0 Å². The molecule has 7 nitrogen and oxygen atoms in total. The molecule has 1 aliphatic rings. The summed E-state index contributed by atoms with van der Waals surface area (Å²) in [4.78, 5) is 24.0. The Hall–Kier alpha value is -2.09. The second-order valence-corrected chi connectivity index (χ2v) is 9.29. The highest BCUT2D eigenvalue weighted by Crippen LogP contribution is 2.22. The van der Waals surface area contributed by atoms with Gasteiger partial charge in [-0.15, -0.1) is 0 Å². The smallest absolute Gasteiger partial charge is 0.338 e. The maximum atomic E-state index is 12.0. The zero-order chi connectivity index (χ0) is 19.9. The van der Waals surface area contributed by atoms with Crippen LogP contribution in [0.1, 0.15) is 49.9 Å². The molecule has 0 aromatic heterocycles. The summed E-state index contributed by atoms with van der Waals surface area (Å²) < 4.78 is 33.7. The van der Waals surface area contributed by atoms with Crippen LogP contribution in [0.25, 0.3) is 0 Å². The molecule has 1 aromatic rings. The summed E-state index contributed by atoms with van der Waals surface area (Å²) in [5.74, 6) is -0.503. The van der Waals surface area contributed by atoms with Crippen molar-refractivity contribution in [3.8, 4) is 5.75 Å². The van der Waals surface area contributed by atoms with E-state index in [4.69, 9.17) is 9.47 Å². The number of rotatable bonds is 9. The van der Waals surface area contributed by atoms with Gasteiger partial charge < -0.3 is 14.8 Å². The molecular weight excluding hydrogens is 370 g/mol. The first-order valence-electron chi connectivity index (χ1n) is 9.14. The van der Waals surface area contributed by atoms with Gasteiger partial charge in [-0.25, -0.2) is 13.2 Å². The van der Waals surface area contributed by atoms with Crippen molar-refractivity contribution in [2.75, 3.05) is 24.7 Å². The first kappa shape index (κ1) is 21.2. The van der Waals surface area contributed by atoms with Crippen LogP contribution in [-0.4, -0.2) is 50.6 Å². The third kappa shape index (κ3) is 6.86. The number of esters is 1. The molecule has 1 saturated heterocycles. The van der Waals surface area contributed by atoms with E-state index in [2.05, 4.69) is 12.2 Å². The molecule has 150 valence electrons. The molecule has 27 heavy (non-hydrogen) atoms. The third-order valence-electron chi connectivity index (χ3n) is 4.39. The fourth-order valence-corrected chi connectivity index (χ4v) is 5.02. The molecule has 1 atom stereocenters. The van der Waals surface area contributed by atoms with Crippen LogP contribution in [0.3, 0.4) is 0 Å². The average Bonchev–Trinajstić information content (AvgIpc) is 2.90. The summed E-state index contributed by atoms with van der Waals surface area (Å²) in [7, 11) is -3.12. The largest absolute Gasteiger partial charge is 0.494 e. The van der Waals surface area contributed by atoms with E-state index in [0.29, 0.717) is 24.3 Å². The van der Waals surface area contributed by atoms with Crippen LogP contribution in [0.15, 0.2) is 24.3 Å². The quantitative estimate of drug-likeness (QED) is 0.506. The van der Waals surface area contributed by atoms with Crippen LogP contribution >= 0.6 is 0 Å². The van der Waals surface area contributed by atoms with E-state index in [1.54, 1.807) is 31.2 Å². The lowest BCUT2D eigenvalue weighted by Crippen LogP contribution is -2.48. The number of carbonyl (C=O) groups excluding carboxylic acids is 2. The van der Waals surface area contributed by atoms with Gasteiger partial charge in [-0.1, -0.05) is 19.8 Å². The minimum Gasteiger partial charge on any atom is -0.494 e. The number of carbonyl (C=O) groups is 2. The van der Waals surface area contributed by atoms with Gasteiger partial charge >= 0.3 is 5.97 Å². The predicted molar refractivity (Wildman–Crippen MR) is 102 cm³/mol. The second kappa shape index (κ2) is 9.21. The topological polar surface area (TPSA) is 98.8 Å². The summed E-state index contributed by atoms with van der Waals surface area (Å²) >= 11 is 0. The van der Waals surface area contributed by atoms with Gasteiger partial charge in [0.25, 0.3) is 5.91 Å². The Bertz CT molecular complexity index is 759. The molecule has 1 amide bonds. The van der Waals surface area contributed by atoms with Crippen LogP contribution in [0.2, 0.25) is 0 Å². The van der Waals surface area contributed by atoms with Gasteiger partial charge in [0.1, 0.15) is 5.75 Å². The number of sulfone groups is 1. The molecule has 1 fully saturated rings. The van der Waals surface area contributed by atoms with Gasteiger partial charge in [-0.3, -0.25) is 4.79 Å². The van der Waals surface area contributed by atoms with Crippen molar-refractivity contribution in [2.45, 2.75) is 45.1 Å². The lowest BCUT2D eigenvalue weighted by atomic mass is 10.0. The normalized spacial score (nSPS) is 20.8. The van der Waals surface area contributed by atoms with Gasteiger partial charge in [-0.05, 0) is 44.0 Å². The van der Waals surface area contributed by atoms with Crippen LogP contribution < -0.4 is 10.1 Å². The number of nitrogens with one attached hydrogen (secondary N) is 1. The average molecular weight is 397 g/mol. The molecule has 1 heterocycles. The van der Waals surface area contributed by atoms with Crippen LogP contribution in [0.4, 0.5) is 0 Å². The maximum absolute atomic E-state index is 12.0. The fourth-order valence-electron chi connectivity index (χ4n) is 2.93. The van der Waals surface area contributed by atoms with Crippen molar-refractivity contribution in [2.24, 2.45) is 0 Å². The minimum absolute atomic E-state index is 0.0520. The van der Waals surface area contributed by atoms with Crippen molar-refractivity contribution in [3.05, 3.63) is 29.8 Å². The van der Waals surface area contributed by atoms with E-state index in [9.17, 15) is 18.0 Å². The summed E-state index contributed by atoms with van der Waals surface area (Å²) in [5, 5.41) is 2.64. The van der Waals surface area contributed by atoms with Crippen LogP contribution in [0, 0.1) is 0 Å². The standard InChI is InChI=1S/C19H27NO6S/c1-3-4-5-11-25-16-8-6-15(7-9-16)18(22)26-13-17(21)20-19(2)10-12-27(23,24)14-19/h6-9H,3-5,10-14H2,1-2H3,(H,20,21)/t19-/m1/s1. The Kier molecular flexibility index (Phi) is 7.24. The molecule has 0 bridgehead atoms. The van der Waals surface area contributed by atoms with Gasteiger partial charge in [0, 0.05) is 0 Å². The third-order valence-corrected chi connectivity index (χ3v) is 6.29. The number of hydrogen-bond acceptors (Lipinski definition) is 6. The van der Waals surface area contributed by atoms with Crippen molar-refractivity contribution in [3.63, 3.8) is 0 Å². The van der Waals surface area contributed by atoms with Gasteiger partial charge in [0.05, 0.1) is 29.2 Å². The molecule has 0 aliphatic carbocycles. The minimum atomic E-state index is -3.12. The van der Waals surface area contributed by atoms with E-state index in [0.717, 1.165) is 19.3 Å². The highest BCUT2D eigenvalue weighted by atomic mass is 32.2. The summed E-state index contributed by atoms with van der Waals surface area (Å²) in [6.07, 6.45) is 3.57. The summed E-state index contributed by atoms with van der Waals surface area (Å²) in [6, 6.07) is 6.54. The maximum Gasteiger partial charge on any atom is 0.338 e. The van der Waals surface area contributed by atoms with E-state index in [-0.39, 0.29) is 11.5 Å². The first-order chi connectivity index (χ1) is 12.7. The van der Waals surface area contributed by atoms with Crippen molar-refractivity contribution in [1.82, 2.24) is 5.32 Å².